The molecule has 0 spiro atoms. The molecule has 0 bridgehead atoms. The first kappa shape index (κ1) is 8.68. The van der Waals surface area contributed by atoms with Crippen LogP contribution in [-0.2, 0) is 6.54 Å². The molecule has 5 heteroatoms. The fourth-order valence-corrected chi connectivity index (χ4v) is 1.35. The quantitative estimate of drug-likeness (QED) is 0.718. The van der Waals surface area contributed by atoms with E-state index in [0.29, 0.717) is 23.9 Å². The Morgan fingerprint density at radius 1 is 1.57 bits per heavy atom. The Morgan fingerprint density at radius 2 is 2.36 bits per heavy atom. The average Bonchev–Trinajstić information content (AvgIpc) is 2.62. The molecule has 5 nitrogen and oxygen atoms in total. The van der Waals surface area contributed by atoms with Crippen LogP contribution in [0.1, 0.15) is 17.3 Å². The van der Waals surface area contributed by atoms with Crippen LogP contribution in [0.5, 0.6) is 5.75 Å². The van der Waals surface area contributed by atoms with Gasteiger partial charge in [-0.3, -0.25) is 4.79 Å². The third-order valence-corrected chi connectivity index (χ3v) is 2.09. The molecule has 72 valence electrons. The second kappa shape index (κ2) is 3.10. The van der Waals surface area contributed by atoms with Crippen LogP contribution < -0.4 is 0 Å². The number of rotatable bonds is 2. The van der Waals surface area contributed by atoms with Crippen molar-refractivity contribution in [1.29, 1.82) is 0 Å². The van der Waals surface area contributed by atoms with Crippen LogP contribution in [0.4, 0.5) is 0 Å². The summed E-state index contributed by atoms with van der Waals surface area (Å²) in [4.78, 5) is 14.6. The lowest BCUT2D eigenvalue weighted by Gasteiger charge is -1.99. The van der Waals surface area contributed by atoms with Crippen LogP contribution in [0.3, 0.4) is 0 Å². The first-order chi connectivity index (χ1) is 6.77. The average molecular weight is 191 g/mol. The molecule has 0 unspecified atom stereocenters. The molecule has 14 heavy (non-hydrogen) atoms. The molecule has 0 aliphatic heterocycles. The molecule has 0 aromatic carbocycles. The molecule has 2 aromatic heterocycles. The van der Waals surface area contributed by atoms with Crippen molar-refractivity contribution < 1.29 is 9.90 Å². The van der Waals surface area contributed by atoms with Gasteiger partial charge in [-0.05, 0) is 6.92 Å². The highest BCUT2D eigenvalue weighted by Crippen LogP contribution is 2.25. The van der Waals surface area contributed by atoms with Gasteiger partial charge in [-0.15, -0.1) is 0 Å². The number of aromatic nitrogens is 3. The highest BCUT2D eigenvalue weighted by Gasteiger charge is 2.10. The number of carbonyl (C=O) groups excluding carboxylic acids is 1. The minimum atomic E-state index is -0.0512. The topological polar surface area (TPSA) is 68.0 Å². The number of carbonyl (C=O) groups is 1. The molecule has 0 aliphatic carbocycles. The lowest BCUT2D eigenvalue weighted by atomic mass is 10.2. The summed E-state index contributed by atoms with van der Waals surface area (Å²) in [6.45, 7) is 2.61. The summed E-state index contributed by atoms with van der Waals surface area (Å²) >= 11 is 0. The van der Waals surface area contributed by atoms with Crippen molar-refractivity contribution in [2.45, 2.75) is 13.5 Å². The Bertz CT molecular complexity index is 490. The maximum atomic E-state index is 10.5. The number of fused-ring (bicyclic) bond motifs is 1. The Morgan fingerprint density at radius 3 is 3.00 bits per heavy atom. The molecule has 0 saturated heterocycles. The maximum Gasteiger partial charge on any atom is 0.161 e. The van der Waals surface area contributed by atoms with Gasteiger partial charge in [-0.1, -0.05) is 0 Å². The molecule has 0 saturated carbocycles. The molecule has 0 amide bonds. The van der Waals surface area contributed by atoms with Crippen molar-refractivity contribution in [3.63, 3.8) is 0 Å². The Labute approximate surface area is 80.0 Å². The smallest absolute Gasteiger partial charge is 0.161 e. The predicted octanol–water partition coefficient (Wildman–Crippen LogP) is 0.969. The second-order valence-corrected chi connectivity index (χ2v) is 2.88. The summed E-state index contributed by atoms with van der Waals surface area (Å²) in [6, 6.07) is 0. The highest BCUT2D eigenvalue weighted by atomic mass is 16.3. The van der Waals surface area contributed by atoms with Crippen LogP contribution in [0.15, 0.2) is 12.4 Å². The highest BCUT2D eigenvalue weighted by molar-refractivity contribution is 5.91. The van der Waals surface area contributed by atoms with Gasteiger partial charge >= 0.3 is 0 Å². The molecule has 2 aromatic rings. The minimum Gasteiger partial charge on any atom is -0.506 e. The van der Waals surface area contributed by atoms with Crippen LogP contribution in [-0.4, -0.2) is 26.2 Å². The summed E-state index contributed by atoms with van der Waals surface area (Å²) in [5, 5.41) is 14.2. The largest absolute Gasteiger partial charge is 0.506 e. The van der Waals surface area contributed by atoms with E-state index in [0.717, 1.165) is 0 Å². The Hall–Kier alpha value is -1.91. The van der Waals surface area contributed by atoms with E-state index in [2.05, 4.69) is 10.1 Å². The van der Waals surface area contributed by atoms with E-state index >= 15 is 0 Å². The predicted molar refractivity (Wildman–Crippen MR) is 50.3 cm³/mol. The number of hydrogen-bond donors (Lipinski definition) is 1. The van der Waals surface area contributed by atoms with Crippen molar-refractivity contribution in [2.75, 3.05) is 0 Å². The summed E-state index contributed by atoms with van der Waals surface area (Å²) in [6.07, 6.45) is 3.43. The number of nitrogens with zero attached hydrogens (tertiary/aromatic N) is 3. The van der Waals surface area contributed by atoms with E-state index in [1.54, 1.807) is 4.68 Å². The van der Waals surface area contributed by atoms with Gasteiger partial charge in [0, 0.05) is 12.7 Å². The Kier molecular flexibility index (Phi) is 1.92. The van der Waals surface area contributed by atoms with Crippen molar-refractivity contribution in [3.05, 3.63) is 18.0 Å². The lowest BCUT2D eigenvalue weighted by Crippen LogP contribution is -1.97. The number of aryl methyl sites for hydroxylation is 1. The molecular weight excluding hydrogens is 182 g/mol. The van der Waals surface area contributed by atoms with Crippen molar-refractivity contribution in [3.8, 4) is 5.75 Å². The second-order valence-electron chi connectivity index (χ2n) is 2.88. The zero-order chi connectivity index (χ0) is 10.1. The normalized spacial score (nSPS) is 10.6. The summed E-state index contributed by atoms with van der Waals surface area (Å²) in [5.41, 5.74) is 0.781. The van der Waals surface area contributed by atoms with Gasteiger partial charge in [0.1, 0.15) is 5.75 Å². The summed E-state index contributed by atoms with van der Waals surface area (Å²) < 4.78 is 1.66. The van der Waals surface area contributed by atoms with Gasteiger partial charge in [-0.25, -0.2) is 9.67 Å². The van der Waals surface area contributed by atoms with E-state index in [1.807, 2.05) is 6.92 Å². The van der Waals surface area contributed by atoms with Gasteiger partial charge in [0.15, 0.2) is 11.9 Å². The Balaban J connectivity index is 2.78. The fraction of sp³-hybridized carbons (Fsp3) is 0.222. The van der Waals surface area contributed by atoms with Crippen LogP contribution in [0.2, 0.25) is 0 Å². The van der Waals surface area contributed by atoms with E-state index in [-0.39, 0.29) is 11.3 Å². The molecular formula is C9H9N3O2. The number of aldehydes is 1. The molecule has 0 atom stereocenters. The van der Waals surface area contributed by atoms with E-state index < -0.39 is 0 Å². The summed E-state index contributed by atoms with van der Waals surface area (Å²) in [7, 11) is 0. The van der Waals surface area contributed by atoms with Crippen LogP contribution in [0.25, 0.3) is 11.0 Å². The third-order valence-electron chi connectivity index (χ3n) is 2.09. The zero-order valence-corrected chi connectivity index (χ0v) is 7.64. The molecule has 1 N–H and O–H groups in total. The SMILES string of the molecule is CCn1ncc2c(O)c(C=O)cnc21. The molecule has 0 aliphatic rings. The fourth-order valence-electron chi connectivity index (χ4n) is 1.35. The van der Waals surface area contributed by atoms with Crippen molar-refractivity contribution >= 4 is 17.3 Å². The summed E-state index contributed by atoms with van der Waals surface area (Å²) in [5.74, 6) is -0.0512. The standard InChI is InChI=1S/C9H9N3O2/c1-2-12-9-7(4-11-12)8(14)6(5-13)3-10-9/h3-5H,2H2,1H3,(H,10,14). The van der Waals surface area contributed by atoms with Crippen molar-refractivity contribution in [2.24, 2.45) is 0 Å². The zero-order valence-electron chi connectivity index (χ0n) is 7.64. The lowest BCUT2D eigenvalue weighted by molar-refractivity contribution is 0.112. The van der Waals surface area contributed by atoms with E-state index in [1.165, 1.54) is 12.4 Å². The van der Waals surface area contributed by atoms with Gasteiger partial charge in [0.25, 0.3) is 0 Å². The van der Waals surface area contributed by atoms with Crippen LogP contribution in [0, 0.1) is 0 Å². The maximum absolute atomic E-state index is 10.5. The van der Waals surface area contributed by atoms with E-state index in [9.17, 15) is 9.90 Å². The van der Waals surface area contributed by atoms with Gasteiger partial charge in [0.2, 0.25) is 0 Å². The van der Waals surface area contributed by atoms with Gasteiger partial charge < -0.3 is 5.11 Å². The van der Waals surface area contributed by atoms with Crippen molar-refractivity contribution in [1.82, 2.24) is 14.8 Å². The van der Waals surface area contributed by atoms with Gasteiger partial charge in [-0.2, -0.15) is 5.10 Å². The first-order valence-electron chi connectivity index (χ1n) is 4.26. The van der Waals surface area contributed by atoms with E-state index in [4.69, 9.17) is 0 Å². The molecule has 2 heterocycles. The van der Waals surface area contributed by atoms with Crippen LogP contribution >= 0.6 is 0 Å². The minimum absolute atomic E-state index is 0.0512. The third kappa shape index (κ3) is 1.06. The monoisotopic (exact) mass is 191 g/mol. The van der Waals surface area contributed by atoms with Gasteiger partial charge in [0.05, 0.1) is 17.1 Å². The first-order valence-corrected chi connectivity index (χ1v) is 4.26. The number of pyridine rings is 1. The molecule has 2 rings (SSSR count). The number of hydrogen-bond acceptors (Lipinski definition) is 4. The number of aromatic hydroxyl groups is 1. The molecule has 0 radical (unpaired) electrons. The molecule has 0 fully saturated rings.